The molecule has 0 spiro atoms. The monoisotopic (exact) mass is 387 g/mol. The number of rotatable bonds is 6. The van der Waals surface area contributed by atoms with Crippen molar-refractivity contribution in [3.05, 3.63) is 70.9 Å². The van der Waals surface area contributed by atoms with Crippen LogP contribution in [0.5, 0.6) is 5.75 Å². The number of nitrogens with two attached hydrogens (primary N) is 1. The van der Waals surface area contributed by atoms with Gasteiger partial charge >= 0.3 is 0 Å². The molecule has 2 aromatic carbocycles. The van der Waals surface area contributed by atoms with Gasteiger partial charge in [-0.2, -0.15) is 10.4 Å². The van der Waals surface area contributed by atoms with Crippen LogP contribution >= 0.6 is 0 Å². The second-order valence-corrected chi connectivity index (χ2v) is 6.85. The first-order valence-corrected chi connectivity index (χ1v) is 9.54. The molecule has 1 amide bonds. The average Bonchev–Trinajstić information content (AvgIpc) is 3.35. The molecule has 0 atom stereocenters. The second-order valence-electron chi connectivity index (χ2n) is 6.85. The number of nitrogen functional groups attached to an aromatic ring is 1. The summed E-state index contributed by atoms with van der Waals surface area (Å²) >= 11 is 0. The largest absolute Gasteiger partial charge is 0.493 e. The number of nitriles is 1. The molecule has 0 saturated heterocycles. The minimum absolute atomic E-state index is 0.116. The van der Waals surface area contributed by atoms with Gasteiger partial charge in [-0.1, -0.05) is 18.2 Å². The summed E-state index contributed by atoms with van der Waals surface area (Å²) in [5.74, 6) is 1.07. The lowest BCUT2D eigenvalue weighted by atomic mass is 10.1. The standard InChI is InChI=1S/C22H21N5O2/c23-14-18-19(26-27(21(18)24)17-5-2-1-3-6-17)7-4-11-25-22(28)16-8-9-20-15(13-16)10-12-29-20/h1-3,5-6,8-9,13H,4,7,10-12,24H2,(H,25,28). The van der Waals surface area contributed by atoms with Crippen LogP contribution in [0.1, 0.15) is 33.6 Å². The van der Waals surface area contributed by atoms with Gasteiger partial charge in [0.05, 0.1) is 18.0 Å². The Morgan fingerprint density at radius 3 is 2.90 bits per heavy atom. The fraction of sp³-hybridized carbons (Fsp3) is 0.227. The molecule has 0 saturated carbocycles. The van der Waals surface area contributed by atoms with E-state index in [0.717, 1.165) is 23.4 Å². The molecule has 3 aromatic rings. The number of carbonyl (C=O) groups excluding carboxylic acids is 1. The highest BCUT2D eigenvalue weighted by molar-refractivity contribution is 5.94. The van der Waals surface area contributed by atoms with Crippen LogP contribution in [0.25, 0.3) is 5.69 Å². The van der Waals surface area contributed by atoms with Gasteiger partial charge in [0.15, 0.2) is 0 Å². The molecular formula is C22H21N5O2. The van der Waals surface area contributed by atoms with Crippen molar-refractivity contribution in [3.63, 3.8) is 0 Å². The number of nitrogens with one attached hydrogen (secondary N) is 1. The quantitative estimate of drug-likeness (QED) is 0.633. The maximum absolute atomic E-state index is 12.4. The Labute approximate surface area is 168 Å². The molecule has 1 aromatic heterocycles. The number of benzene rings is 2. The summed E-state index contributed by atoms with van der Waals surface area (Å²) in [5.41, 5.74) is 9.65. The number of amides is 1. The van der Waals surface area contributed by atoms with Gasteiger partial charge in [0.2, 0.25) is 0 Å². The molecule has 0 bridgehead atoms. The molecule has 0 aliphatic carbocycles. The van der Waals surface area contributed by atoms with Crippen LogP contribution in [-0.4, -0.2) is 28.8 Å². The van der Waals surface area contributed by atoms with Gasteiger partial charge in [-0.15, -0.1) is 0 Å². The topological polar surface area (TPSA) is 106 Å². The Kier molecular flexibility index (Phi) is 5.16. The predicted molar refractivity (Wildman–Crippen MR) is 109 cm³/mol. The third-order valence-corrected chi connectivity index (χ3v) is 4.93. The maximum atomic E-state index is 12.4. The van der Waals surface area contributed by atoms with Crippen molar-refractivity contribution >= 4 is 11.7 Å². The van der Waals surface area contributed by atoms with Crippen LogP contribution in [0.3, 0.4) is 0 Å². The Morgan fingerprint density at radius 2 is 2.10 bits per heavy atom. The molecule has 4 rings (SSSR count). The van der Waals surface area contributed by atoms with Gasteiger partial charge < -0.3 is 15.8 Å². The third kappa shape index (κ3) is 3.78. The van der Waals surface area contributed by atoms with E-state index in [9.17, 15) is 10.1 Å². The predicted octanol–water partition coefficient (Wildman–Crippen LogP) is 2.62. The van der Waals surface area contributed by atoms with E-state index < -0.39 is 0 Å². The zero-order valence-corrected chi connectivity index (χ0v) is 15.9. The number of aryl methyl sites for hydroxylation is 1. The van der Waals surface area contributed by atoms with Crippen LogP contribution in [-0.2, 0) is 12.8 Å². The van der Waals surface area contributed by atoms with Gasteiger partial charge in [0, 0.05) is 18.5 Å². The number of para-hydroxylation sites is 1. The number of ether oxygens (including phenoxy) is 1. The summed E-state index contributed by atoms with van der Waals surface area (Å²) in [6, 6.07) is 17.1. The summed E-state index contributed by atoms with van der Waals surface area (Å²) in [6.07, 6.45) is 2.03. The van der Waals surface area contributed by atoms with Crippen molar-refractivity contribution in [1.29, 1.82) is 5.26 Å². The van der Waals surface area contributed by atoms with E-state index in [1.807, 2.05) is 42.5 Å². The van der Waals surface area contributed by atoms with Crippen LogP contribution in [0.2, 0.25) is 0 Å². The lowest BCUT2D eigenvalue weighted by Crippen LogP contribution is -2.24. The van der Waals surface area contributed by atoms with Gasteiger partial charge in [-0.25, -0.2) is 4.68 Å². The van der Waals surface area contributed by atoms with Crippen molar-refractivity contribution in [1.82, 2.24) is 15.1 Å². The van der Waals surface area contributed by atoms with Crippen molar-refractivity contribution in [2.75, 3.05) is 18.9 Å². The molecule has 7 nitrogen and oxygen atoms in total. The first-order valence-electron chi connectivity index (χ1n) is 9.54. The molecular weight excluding hydrogens is 366 g/mol. The first-order chi connectivity index (χ1) is 14.2. The van der Waals surface area contributed by atoms with E-state index >= 15 is 0 Å². The van der Waals surface area contributed by atoms with Crippen molar-refractivity contribution in [2.45, 2.75) is 19.3 Å². The zero-order chi connectivity index (χ0) is 20.2. The summed E-state index contributed by atoms with van der Waals surface area (Å²) in [4.78, 5) is 12.4. The van der Waals surface area contributed by atoms with E-state index in [0.29, 0.717) is 48.6 Å². The van der Waals surface area contributed by atoms with Crippen molar-refractivity contribution < 1.29 is 9.53 Å². The molecule has 0 unspecified atom stereocenters. The summed E-state index contributed by atoms with van der Waals surface area (Å²) in [5, 5.41) is 16.9. The maximum Gasteiger partial charge on any atom is 0.251 e. The average molecular weight is 387 g/mol. The smallest absolute Gasteiger partial charge is 0.251 e. The molecule has 3 N–H and O–H groups in total. The summed E-state index contributed by atoms with van der Waals surface area (Å²) < 4.78 is 7.05. The number of hydrogen-bond donors (Lipinski definition) is 2. The van der Waals surface area contributed by atoms with E-state index in [4.69, 9.17) is 10.5 Å². The number of aromatic nitrogens is 2. The molecule has 2 heterocycles. The van der Waals surface area contributed by atoms with Crippen LogP contribution in [0.4, 0.5) is 5.82 Å². The van der Waals surface area contributed by atoms with Crippen molar-refractivity contribution in [2.24, 2.45) is 0 Å². The number of anilines is 1. The highest BCUT2D eigenvalue weighted by Gasteiger charge is 2.17. The highest BCUT2D eigenvalue weighted by Crippen LogP contribution is 2.26. The van der Waals surface area contributed by atoms with E-state index in [1.165, 1.54) is 0 Å². The SMILES string of the molecule is N#Cc1c(CCCNC(=O)c2ccc3c(c2)CCO3)nn(-c2ccccc2)c1N. The third-order valence-electron chi connectivity index (χ3n) is 4.93. The van der Waals surface area contributed by atoms with E-state index in [-0.39, 0.29) is 5.91 Å². The second kappa shape index (κ2) is 8.07. The number of carbonyl (C=O) groups is 1. The van der Waals surface area contributed by atoms with Crippen LogP contribution in [0.15, 0.2) is 48.5 Å². The van der Waals surface area contributed by atoms with Gasteiger partial charge in [-0.3, -0.25) is 4.79 Å². The molecule has 146 valence electrons. The summed E-state index contributed by atoms with van der Waals surface area (Å²) in [6.45, 7) is 1.15. The Hall–Kier alpha value is -3.79. The van der Waals surface area contributed by atoms with Gasteiger partial charge in [0.1, 0.15) is 23.2 Å². The fourth-order valence-corrected chi connectivity index (χ4v) is 3.43. The van der Waals surface area contributed by atoms with Gasteiger partial charge in [-0.05, 0) is 48.7 Å². The fourth-order valence-electron chi connectivity index (χ4n) is 3.43. The molecule has 1 aliphatic rings. The lowest BCUT2D eigenvalue weighted by Gasteiger charge is -2.06. The molecule has 29 heavy (non-hydrogen) atoms. The highest BCUT2D eigenvalue weighted by atomic mass is 16.5. The Balaban J connectivity index is 1.37. The number of fused-ring (bicyclic) bond motifs is 1. The zero-order valence-electron chi connectivity index (χ0n) is 15.9. The minimum atomic E-state index is -0.116. The van der Waals surface area contributed by atoms with Crippen LogP contribution < -0.4 is 15.8 Å². The molecule has 1 aliphatic heterocycles. The number of nitrogens with zero attached hydrogens (tertiary/aromatic N) is 3. The Bertz CT molecular complexity index is 1080. The van der Waals surface area contributed by atoms with Crippen LogP contribution in [0, 0.1) is 11.3 Å². The van der Waals surface area contributed by atoms with E-state index in [1.54, 1.807) is 10.7 Å². The van der Waals surface area contributed by atoms with E-state index in [2.05, 4.69) is 16.5 Å². The summed E-state index contributed by atoms with van der Waals surface area (Å²) in [7, 11) is 0. The number of hydrogen-bond acceptors (Lipinski definition) is 5. The normalized spacial score (nSPS) is 12.1. The van der Waals surface area contributed by atoms with Gasteiger partial charge in [0.25, 0.3) is 5.91 Å². The Morgan fingerprint density at radius 1 is 1.28 bits per heavy atom. The molecule has 7 heteroatoms. The van der Waals surface area contributed by atoms with Crippen molar-refractivity contribution in [3.8, 4) is 17.5 Å². The lowest BCUT2D eigenvalue weighted by molar-refractivity contribution is 0.0953. The minimum Gasteiger partial charge on any atom is -0.493 e. The first kappa shape index (κ1) is 18.6. The molecule has 0 radical (unpaired) electrons. The molecule has 0 fully saturated rings.